The molecule has 0 amide bonds. The summed E-state index contributed by atoms with van der Waals surface area (Å²) in [4.78, 5) is 20.0. The van der Waals surface area contributed by atoms with Crippen LogP contribution in [0.15, 0.2) is 24.3 Å². The van der Waals surface area contributed by atoms with E-state index in [2.05, 4.69) is 5.43 Å². The number of nitrogens with zero attached hydrogens (tertiary/aromatic N) is 1. The molecule has 0 radical (unpaired) electrons. The molecule has 0 aromatic heterocycles. The maximum atomic E-state index is 10.4. The van der Waals surface area contributed by atoms with Gasteiger partial charge in [-0.2, -0.15) is 0 Å². The Morgan fingerprint density at radius 2 is 1.83 bits per heavy atom. The summed E-state index contributed by atoms with van der Waals surface area (Å²) in [5.74, 6) is 3.77. The maximum absolute atomic E-state index is 10.4. The van der Waals surface area contributed by atoms with E-state index in [0.29, 0.717) is 0 Å². The smallest absolute Gasteiger partial charge is 0.342 e. The van der Waals surface area contributed by atoms with Gasteiger partial charge in [0.1, 0.15) is 5.56 Å². The van der Waals surface area contributed by atoms with Crippen LogP contribution in [0.1, 0.15) is 31.1 Å². The SMILES string of the molecule is CC(C)(C)NN.O=C(O)c1ccccc1[N+](=O)[O-]. The number of hydrazine groups is 1. The van der Waals surface area contributed by atoms with Crippen LogP contribution in [0, 0.1) is 10.1 Å². The molecule has 0 aliphatic heterocycles. The van der Waals surface area contributed by atoms with E-state index in [0.717, 1.165) is 6.07 Å². The molecule has 7 nitrogen and oxygen atoms in total. The summed E-state index contributed by atoms with van der Waals surface area (Å²) in [6.07, 6.45) is 0. The van der Waals surface area contributed by atoms with Gasteiger partial charge in [-0.3, -0.25) is 21.4 Å². The van der Waals surface area contributed by atoms with E-state index in [9.17, 15) is 14.9 Å². The molecule has 1 aromatic rings. The molecule has 0 spiro atoms. The van der Waals surface area contributed by atoms with Gasteiger partial charge < -0.3 is 5.11 Å². The van der Waals surface area contributed by atoms with E-state index in [-0.39, 0.29) is 16.8 Å². The Kier molecular flexibility index (Phi) is 5.94. The standard InChI is InChI=1S/C7H5NO4.C4H12N2/c9-7(10)5-3-1-2-4-6(5)8(11)12;1-4(2,3)6-5/h1-4H,(H,9,10);6H,5H2,1-3H3. The van der Waals surface area contributed by atoms with Crippen molar-refractivity contribution in [1.29, 1.82) is 0 Å². The molecule has 4 N–H and O–H groups in total. The second-order valence-corrected chi connectivity index (χ2v) is 4.47. The molecule has 18 heavy (non-hydrogen) atoms. The molecule has 0 saturated heterocycles. The first-order valence-corrected chi connectivity index (χ1v) is 5.13. The van der Waals surface area contributed by atoms with Crippen LogP contribution in [0.25, 0.3) is 0 Å². The Labute approximate surface area is 105 Å². The number of rotatable bonds is 2. The fraction of sp³-hybridized carbons (Fsp3) is 0.364. The monoisotopic (exact) mass is 255 g/mol. The highest BCUT2D eigenvalue weighted by Gasteiger charge is 2.17. The first kappa shape index (κ1) is 16.0. The number of carboxylic acids is 1. The minimum atomic E-state index is -1.29. The highest BCUT2D eigenvalue weighted by atomic mass is 16.6. The van der Waals surface area contributed by atoms with Crippen LogP contribution in [0.5, 0.6) is 0 Å². The normalized spacial score (nSPS) is 10.2. The van der Waals surface area contributed by atoms with Crippen molar-refractivity contribution in [2.75, 3.05) is 0 Å². The van der Waals surface area contributed by atoms with Crippen molar-refractivity contribution in [2.45, 2.75) is 26.3 Å². The lowest BCUT2D eigenvalue weighted by molar-refractivity contribution is -0.385. The van der Waals surface area contributed by atoms with Gasteiger partial charge in [0, 0.05) is 11.6 Å². The van der Waals surface area contributed by atoms with Gasteiger partial charge in [-0.15, -0.1) is 0 Å². The first-order chi connectivity index (χ1) is 8.19. The minimum Gasteiger partial charge on any atom is -0.477 e. The van der Waals surface area contributed by atoms with Crippen LogP contribution in [0.3, 0.4) is 0 Å². The van der Waals surface area contributed by atoms with E-state index < -0.39 is 10.9 Å². The summed E-state index contributed by atoms with van der Waals surface area (Å²) in [6.45, 7) is 6.02. The Hall–Kier alpha value is -1.99. The fourth-order valence-corrected chi connectivity index (χ4v) is 0.814. The maximum Gasteiger partial charge on any atom is 0.342 e. The number of aromatic carboxylic acids is 1. The number of carbonyl (C=O) groups is 1. The molecule has 1 aromatic carbocycles. The van der Waals surface area contributed by atoms with Gasteiger partial charge >= 0.3 is 5.97 Å². The highest BCUT2D eigenvalue weighted by molar-refractivity contribution is 5.92. The zero-order chi connectivity index (χ0) is 14.3. The molecule has 0 aliphatic rings. The summed E-state index contributed by atoms with van der Waals surface area (Å²) in [7, 11) is 0. The molecule has 100 valence electrons. The van der Waals surface area contributed by atoms with Crippen molar-refractivity contribution in [3.63, 3.8) is 0 Å². The summed E-state index contributed by atoms with van der Waals surface area (Å²) in [6, 6.07) is 5.21. The topological polar surface area (TPSA) is 118 Å². The van der Waals surface area contributed by atoms with Gasteiger partial charge in [-0.1, -0.05) is 12.1 Å². The lowest BCUT2D eigenvalue weighted by atomic mass is 10.1. The summed E-state index contributed by atoms with van der Waals surface area (Å²) in [5.41, 5.74) is 2.00. The number of carboxylic acid groups (broad SMARTS) is 1. The molecule has 1 rings (SSSR count). The molecule has 0 saturated carbocycles. The molecule has 0 heterocycles. The van der Waals surface area contributed by atoms with Gasteiger partial charge in [0.25, 0.3) is 5.69 Å². The zero-order valence-electron chi connectivity index (χ0n) is 10.5. The summed E-state index contributed by atoms with van der Waals surface area (Å²) < 4.78 is 0. The van der Waals surface area contributed by atoms with Gasteiger partial charge in [0.2, 0.25) is 0 Å². The molecule has 0 unspecified atom stereocenters. The van der Waals surface area contributed by atoms with Crippen LogP contribution in [0.2, 0.25) is 0 Å². The third-order valence-electron chi connectivity index (χ3n) is 1.76. The number of nitro groups is 1. The van der Waals surface area contributed by atoms with E-state index >= 15 is 0 Å². The van der Waals surface area contributed by atoms with Crippen molar-refractivity contribution in [3.8, 4) is 0 Å². The largest absolute Gasteiger partial charge is 0.477 e. The van der Waals surface area contributed by atoms with Gasteiger partial charge in [0.05, 0.1) is 4.92 Å². The number of nitro benzene ring substituents is 1. The van der Waals surface area contributed by atoms with Crippen molar-refractivity contribution in [2.24, 2.45) is 5.84 Å². The van der Waals surface area contributed by atoms with E-state index in [1.54, 1.807) is 0 Å². The van der Waals surface area contributed by atoms with Crippen molar-refractivity contribution in [1.82, 2.24) is 5.43 Å². The van der Waals surface area contributed by atoms with Gasteiger partial charge in [0.15, 0.2) is 0 Å². The van der Waals surface area contributed by atoms with E-state index in [1.807, 2.05) is 20.8 Å². The molecular weight excluding hydrogens is 238 g/mol. The number of para-hydroxylation sites is 1. The molecule has 7 heteroatoms. The molecule has 0 aliphatic carbocycles. The number of hydrogen-bond donors (Lipinski definition) is 3. The van der Waals surface area contributed by atoms with E-state index in [4.69, 9.17) is 10.9 Å². The fourth-order valence-electron chi connectivity index (χ4n) is 0.814. The second kappa shape index (κ2) is 6.67. The Bertz CT molecular complexity index is 394. The third kappa shape index (κ3) is 5.92. The minimum absolute atomic E-state index is 0.0694. The van der Waals surface area contributed by atoms with Gasteiger partial charge in [-0.05, 0) is 26.8 Å². The van der Waals surface area contributed by atoms with Gasteiger partial charge in [-0.25, -0.2) is 4.79 Å². The predicted molar refractivity (Wildman–Crippen MR) is 67.1 cm³/mol. The Morgan fingerprint density at radius 3 is 2.11 bits per heavy atom. The van der Waals surface area contributed by atoms with E-state index in [1.165, 1.54) is 18.2 Å². The third-order valence-corrected chi connectivity index (χ3v) is 1.76. The first-order valence-electron chi connectivity index (χ1n) is 5.13. The lowest BCUT2D eigenvalue weighted by Gasteiger charge is -2.14. The zero-order valence-corrected chi connectivity index (χ0v) is 10.5. The lowest BCUT2D eigenvalue weighted by Crippen LogP contribution is -2.41. The molecular formula is C11H17N3O4. The van der Waals surface area contributed by atoms with Crippen molar-refractivity contribution >= 4 is 11.7 Å². The molecule has 0 fully saturated rings. The van der Waals surface area contributed by atoms with Crippen LogP contribution in [-0.2, 0) is 0 Å². The number of hydrogen-bond acceptors (Lipinski definition) is 5. The highest BCUT2D eigenvalue weighted by Crippen LogP contribution is 2.16. The Morgan fingerprint density at radius 1 is 1.39 bits per heavy atom. The molecule has 0 atom stereocenters. The van der Waals surface area contributed by atoms with Crippen LogP contribution in [0.4, 0.5) is 5.69 Å². The molecule has 0 bridgehead atoms. The summed E-state index contributed by atoms with van der Waals surface area (Å²) in [5, 5.41) is 18.8. The Balaban J connectivity index is 0.000000411. The number of nitrogens with two attached hydrogens (primary N) is 1. The van der Waals surface area contributed by atoms with Crippen LogP contribution >= 0.6 is 0 Å². The van der Waals surface area contributed by atoms with Crippen LogP contribution < -0.4 is 11.3 Å². The quantitative estimate of drug-likeness (QED) is 0.419. The number of nitrogens with one attached hydrogen (secondary N) is 1. The van der Waals surface area contributed by atoms with Crippen LogP contribution in [-0.4, -0.2) is 21.5 Å². The number of benzene rings is 1. The average Bonchev–Trinajstić information content (AvgIpc) is 2.28. The predicted octanol–water partition coefficient (Wildman–Crippen LogP) is 1.54. The van der Waals surface area contributed by atoms with Crippen molar-refractivity contribution < 1.29 is 14.8 Å². The van der Waals surface area contributed by atoms with Crippen molar-refractivity contribution in [3.05, 3.63) is 39.9 Å². The second-order valence-electron chi connectivity index (χ2n) is 4.47. The summed E-state index contributed by atoms with van der Waals surface area (Å²) >= 11 is 0. The average molecular weight is 255 g/mol.